The van der Waals surface area contributed by atoms with Gasteiger partial charge in [0.05, 0.1) is 5.56 Å². The zero-order valence-corrected chi connectivity index (χ0v) is 18.6. The molecule has 0 atom stereocenters. The molecule has 166 valence electrons. The molecule has 0 bridgehead atoms. The van der Waals surface area contributed by atoms with Crippen LogP contribution in [0.4, 0.5) is 13.2 Å². The van der Waals surface area contributed by atoms with E-state index >= 15 is 0 Å². The van der Waals surface area contributed by atoms with Crippen LogP contribution in [0.15, 0.2) is 84.9 Å². The van der Waals surface area contributed by atoms with E-state index in [1.807, 2.05) is 49.4 Å². The van der Waals surface area contributed by atoms with Crippen LogP contribution in [0.25, 0.3) is 10.8 Å². The number of hydrogen-bond donors (Lipinski definition) is 0. The van der Waals surface area contributed by atoms with Crippen LogP contribution in [0.3, 0.4) is 0 Å². The van der Waals surface area contributed by atoms with Crippen LogP contribution in [0.2, 0.25) is 0 Å². The fraction of sp³-hybridized carbons (Fsp3) is 0.0968. The molecule has 4 aromatic rings. The maximum Gasteiger partial charge on any atom is 0.142 e. The van der Waals surface area contributed by atoms with Crippen molar-refractivity contribution in [2.45, 2.75) is 19.8 Å². The number of aryl methyl sites for hydroxylation is 1. The lowest BCUT2D eigenvalue weighted by atomic mass is 10.0. The normalized spacial score (nSPS) is 10.6. The molecule has 0 unspecified atom stereocenters. The first-order valence-electron chi connectivity index (χ1n) is 10.9. The average molecular weight is 451 g/mol. The SMILES string of the molecule is C/C=C/CCc1cc(F)c(C#Cc2ccc(C#Cc3ccc4cc(F)ccc4c3)cc2)c(F)c1. The van der Waals surface area contributed by atoms with Crippen molar-refractivity contribution in [2.75, 3.05) is 0 Å². The highest BCUT2D eigenvalue weighted by molar-refractivity contribution is 5.84. The fourth-order valence-electron chi connectivity index (χ4n) is 3.52. The maximum absolute atomic E-state index is 14.4. The van der Waals surface area contributed by atoms with Crippen LogP contribution >= 0.6 is 0 Å². The Morgan fingerprint density at radius 2 is 1.21 bits per heavy atom. The summed E-state index contributed by atoms with van der Waals surface area (Å²) < 4.78 is 42.1. The summed E-state index contributed by atoms with van der Waals surface area (Å²) in [5.74, 6) is 10.1. The summed E-state index contributed by atoms with van der Waals surface area (Å²) >= 11 is 0. The van der Waals surface area contributed by atoms with E-state index in [0.717, 1.165) is 28.3 Å². The Bertz CT molecular complexity index is 1460. The Morgan fingerprint density at radius 1 is 0.647 bits per heavy atom. The summed E-state index contributed by atoms with van der Waals surface area (Å²) in [6.07, 6.45) is 5.18. The minimum atomic E-state index is -0.649. The van der Waals surface area contributed by atoms with E-state index in [1.54, 1.807) is 18.2 Å². The molecule has 0 amide bonds. The van der Waals surface area contributed by atoms with Crippen molar-refractivity contribution in [3.05, 3.63) is 130 Å². The third kappa shape index (κ3) is 5.77. The molecule has 0 aromatic heterocycles. The van der Waals surface area contributed by atoms with Crippen molar-refractivity contribution in [2.24, 2.45) is 0 Å². The number of halogens is 3. The molecule has 0 aliphatic heterocycles. The molecule has 0 radical (unpaired) electrons. The Kier molecular flexibility index (Phi) is 7.16. The molecule has 34 heavy (non-hydrogen) atoms. The number of fused-ring (bicyclic) bond motifs is 1. The molecular formula is C31H21F3. The zero-order chi connectivity index (χ0) is 23.9. The fourth-order valence-corrected chi connectivity index (χ4v) is 3.52. The third-order valence-electron chi connectivity index (χ3n) is 5.31. The molecule has 4 aromatic carbocycles. The molecule has 0 nitrogen and oxygen atoms in total. The van der Waals surface area contributed by atoms with Crippen molar-refractivity contribution in [1.29, 1.82) is 0 Å². The highest BCUT2D eigenvalue weighted by Gasteiger charge is 2.09. The molecule has 0 fully saturated rings. The van der Waals surface area contributed by atoms with Crippen LogP contribution in [0.1, 0.15) is 41.2 Å². The van der Waals surface area contributed by atoms with Gasteiger partial charge in [-0.15, -0.1) is 0 Å². The first kappa shape index (κ1) is 23.0. The molecule has 0 aliphatic carbocycles. The molecule has 4 rings (SSSR count). The van der Waals surface area contributed by atoms with Gasteiger partial charge in [0.25, 0.3) is 0 Å². The Labute approximate surface area is 197 Å². The summed E-state index contributed by atoms with van der Waals surface area (Å²) in [6, 6.07) is 20.1. The van der Waals surface area contributed by atoms with Crippen LogP contribution in [0, 0.1) is 41.1 Å². The van der Waals surface area contributed by atoms with Gasteiger partial charge >= 0.3 is 0 Å². The van der Waals surface area contributed by atoms with E-state index in [4.69, 9.17) is 0 Å². The summed E-state index contributed by atoms with van der Waals surface area (Å²) in [4.78, 5) is 0. The lowest BCUT2D eigenvalue weighted by Gasteiger charge is -2.03. The van der Waals surface area contributed by atoms with Gasteiger partial charge in [0, 0.05) is 16.7 Å². The quantitative estimate of drug-likeness (QED) is 0.223. The van der Waals surface area contributed by atoms with Crippen molar-refractivity contribution in [3.63, 3.8) is 0 Å². The Hall–Kier alpha value is -4.21. The molecule has 0 saturated carbocycles. The van der Waals surface area contributed by atoms with E-state index in [9.17, 15) is 13.2 Å². The standard InChI is InChI=1S/C31H21F3/c1-2-3-4-5-25-19-30(33)29(31(34)20-25)17-13-23-8-6-22(7-9-23)10-11-24-12-14-27-21-28(32)16-15-26(27)18-24/h2-3,6-9,12,14-16,18-21H,4-5H2,1H3/b3-2+. The van der Waals surface area contributed by atoms with E-state index in [0.29, 0.717) is 17.5 Å². The second-order valence-corrected chi connectivity index (χ2v) is 7.83. The molecule has 0 heterocycles. The summed E-state index contributed by atoms with van der Waals surface area (Å²) in [7, 11) is 0. The van der Waals surface area contributed by atoms with Gasteiger partial charge in [-0.3, -0.25) is 0 Å². The van der Waals surface area contributed by atoms with Crippen molar-refractivity contribution in [1.82, 2.24) is 0 Å². The number of rotatable bonds is 3. The highest BCUT2D eigenvalue weighted by Crippen LogP contribution is 2.18. The van der Waals surface area contributed by atoms with Gasteiger partial charge < -0.3 is 0 Å². The Balaban J connectivity index is 1.48. The van der Waals surface area contributed by atoms with E-state index in [-0.39, 0.29) is 11.4 Å². The predicted octanol–water partition coefficient (Wildman–Crippen LogP) is 7.57. The number of allylic oxidation sites excluding steroid dienone is 2. The molecule has 0 N–H and O–H groups in total. The lowest BCUT2D eigenvalue weighted by Crippen LogP contribution is -1.95. The maximum atomic E-state index is 14.4. The second-order valence-electron chi connectivity index (χ2n) is 7.83. The second kappa shape index (κ2) is 10.6. The minimum Gasteiger partial charge on any atom is -0.207 e. The van der Waals surface area contributed by atoms with Crippen LogP contribution in [-0.4, -0.2) is 0 Å². The first-order chi connectivity index (χ1) is 16.5. The smallest absolute Gasteiger partial charge is 0.142 e. The topological polar surface area (TPSA) is 0 Å². The van der Waals surface area contributed by atoms with E-state index in [1.165, 1.54) is 24.3 Å². The molecule has 0 saturated heterocycles. The average Bonchev–Trinajstić information content (AvgIpc) is 2.83. The molecule has 3 heteroatoms. The van der Waals surface area contributed by atoms with Gasteiger partial charge in [-0.05, 0) is 96.8 Å². The summed E-state index contributed by atoms with van der Waals surface area (Å²) in [6.45, 7) is 1.91. The van der Waals surface area contributed by atoms with E-state index in [2.05, 4.69) is 23.7 Å². The highest BCUT2D eigenvalue weighted by atomic mass is 19.1. The predicted molar refractivity (Wildman–Crippen MR) is 132 cm³/mol. The number of hydrogen-bond acceptors (Lipinski definition) is 0. The number of benzene rings is 4. The molecule has 0 spiro atoms. The van der Waals surface area contributed by atoms with Crippen molar-refractivity contribution in [3.8, 4) is 23.7 Å². The van der Waals surface area contributed by atoms with Crippen molar-refractivity contribution >= 4 is 10.8 Å². The zero-order valence-electron chi connectivity index (χ0n) is 18.6. The van der Waals surface area contributed by atoms with Gasteiger partial charge in [0.1, 0.15) is 17.5 Å². The van der Waals surface area contributed by atoms with Gasteiger partial charge in [0.2, 0.25) is 0 Å². The first-order valence-corrected chi connectivity index (χ1v) is 10.9. The van der Waals surface area contributed by atoms with Crippen LogP contribution in [-0.2, 0) is 6.42 Å². The summed E-state index contributed by atoms with van der Waals surface area (Å²) in [5, 5.41) is 1.74. The minimum absolute atomic E-state index is 0.227. The van der Waals surface area contributed by atoms with Crippen LogP contribution < -0.4 is 0 Å². The molecular weight excluding hydrogens is 429 g/mol. The Morgan fingerprint density at radius 3 is 1.88 bits per heavy atom. The van der Waals surface area contributed by atoms with Gasteiger partial charge in [-0.1, -0.05) is 48.0 Å². The third-order valence-corrected chi connectivity index (χ3v) is 5.31. The molecule has 0 aliphatic rings. The van der Waals surface area contributed by atoms with Gasteiger partial charge in [-0.2, -0.15) is 0 Å². The van der Waals surface area contributed by atoms with Crippen LogP contribution in [0.5, 0.6) is 0 Å². The van der Waals surface area contributed by atoms with Gasteiger partial charge in [-0.25, -0.2) is 13.2 Å². The van der Waals surface area contributed by atoms with Gasteiger partial charge in [0.15, 0.2) is 0 Å². The largest absolute Gasteiger partial charge is 0.207 e. The summed E-state index contributed by atoms with van der Waals surface area (Å²) in [5.41, 5.74) is 2.62. The van der Waals surface area contributed by atoms with Crippen molar-refractivity contribution < 1.29 is 13.2 Å². The monoisotopic (exact) mass is 450 g/mol. The lowest BCUT2D eigenvalue weighted by molar-refractivity contribution is 0.574. The van der Waals surface area contributed by atoms with E-state index < -0.39 is 11.6 Å².